The second-order valence-corrected chi connectivity index (χ2v) is 6.32. The van der Waals surface area contributed by atoms with Crippen molar-refractivity contribution in [2.24, 2.45) is 0 Å². The van der Waals surface area contributed by atoms with Gasteiger partial charge in [-0.05, 0) is 0 Å². The average molecular weight is 369 g/mol. The second kappa shape index (κ2) is 7.32. The summed E-state index contributed by atoms with van der Waals surface area (Å²) in [6, 6.07) is 2.40. The number of benzene rings is 1. The van der Waals surface area contributed by atoms with Crippen LogP contribution in [0.5, 0.6) is 5.75 Å². The highest BCUT2D eigenvalue weighted by Crippen LogP contribution is 2.25. The molecule has 0 N–H and O–H groups in total. The molecule has 0 saturated heterocycles. The molecule has 3 aromatic rings. The first-order valence-electron chi connectivity index (χ1n) is 8.48. The van der Waals surface area contributed by atoms with Crippen LogP contribution in [-0.2, 0) is 19.5 Å². The molecule has 1 aromatic carbocycles. The van der Waals surface area contributed by atoms with Gasteiger partial charge in [0.2, 0.25) is 0 Å². The van der Waals surface area contributed by atoms with E-state index in [9.17, 15) is 8.78 Å². The van der Waals surface area contributed by atoms with Crippen molar-refractivity contribution in [1.29, 1.82) is 0 Å². The summed E-state index contributed by atoms with van der Waals surface area (Å²) in [6.45, 7) is 1.36. The number of halogens is 2. The van der Waals surface area contributed by atoms with E-state index in [1.165, 1.54) is 25.6 Å². The van der Waals surface area contributed by atoms with Crippen molar-refractivity contribution < 1.29 is 13.5 Å². The van der Waals surface area contributed by atoms with E-state index in [4.69, 9.17) is 4.74 Å². The molecule has 6 nitrogen and oxygen atoms in total. The molecular weight excluding hydrogens is 352 g/mol. The van der Waals surface area contributed by atoms with Crippen molar-refractivity contribution in [3.63, 3.8) is 0 Å². The molecule has 4 rings (SSSR count). The van der Waals surface area contributed by atoms with E-state index < -0.39 is 11.6 Å². The van der Waals surface area contributed by atoms with Crippen molar-refractivity contribution in [2.75, 3.05) is 13.7 Å². The van der Waals surface area contributed by atoms with E-state index in [2.05, 4.69) is 19.9 Å². The lowest BCUT2D eigenvalue weighted by atomic mass is 10.1. The maximum Gasteiger partial charge on any atom is 0.162 e. The minimum absolute atomic E-state index is 0.0400. The molecular formula is C19H17F2N5O. The minimum atomic E-state index is -0.603. The normalized spacial score (nSPS) is 14.0. The quantitative estimate of drug-likeness (QED) is 0.705. The first-order chi connectivity index (χ1) is 13.1. The summed E-state index contributed by atoms with van der Waals surface area (Å²) >= 11 is 0. The Morgan fingerprint density at radius 1 is 1.11 bits per heavy atom. The van der Waals surface area contributed by atoms with Gasteiger partial charge in [-0.2, -0.15) is 0 Å². The van der Waals surface area contributed by atoms with Crippen LogP contribution in [0.3, 0.4) is 0 Å². The van der Waals surface area contributed by atoms with Gasteiger partial charge in [0.15, 0.2) is 5.82 Å². The second-order valence-electron chi connectivity index (χ2n) is 6.32. The number of fused-ring (bicyclic) bond motifs is 1. The molecule has 0 spiro atoms. The highest BCUT2D eigenvalue weighted by atomic mass is 19.1. The molecule has 8 heteroatoms. The van der Waals surface area contributed by atoms with Gasteiger partial charge < -0.3 is 4.74 Å². The van der Waals surface area contributed by atoms with Crippen molar-refractivity contribution in [2.45, 2.75) is 19.5 Å². The van der Waals surface area contributed by atoms with E-state index in [1.54, 1.807) is 18.6 Å². The fourth-order valence-electron chi connectivity index (χ4n) is 3.14. The number of ether oxygens (including phenoxy) is 1. The number of hydrogen-bond acceptors (Lipinski definition) is 6. The van der Waals surface area contributed by atoms with Crippen LogP contribution < -0.4 is 4.74 Å². The molecule has 2 aromatic heterocycles. The predicted octanol–water partition coefficient (Wildman–Crippen LogP) is 2.78. The van der Waals surface area contributed by atoms with Crippen LogP contribution >= 0.6 is 0 Å². The lowest BCUT2D eigenvalue weighted by molar-refractivity contribution is 0.235. The summed E-state index contributed by atoms with van der Waals surface area (Å²) < 4.78 is 33.3. The van der Waals surface area contributed by atoms with Gasteiger partial charge in [0.05, 0.1) is 18.4 Å². The van der Waals surface area contributed by atoms with Crippen molar-refractivity contribution in [1.82, 2.24) is 24.8 Å². The Morgan fingerprint density at radius 2 is 1.85 bits per heavy atom. The molecule has 0 bridgehead atoms. The molecule has 0 atom stereocenters. The molecule has 138 valence electrons. The van der Waals surface area contributed by atoms with Crippen LogP contribution in [0, 0.1) is 11.6 Å². The minimum Gasteiger partial charge on any atom is -0.497 e. The van der Waals surface area contributed by atoms with E-state index in [0.29, 0.717) is 25.3 Å². The molecule has 0 aliphatic carbocycles. The standard InChI is InChI=1S/C19H17F2N5O/c1-27-14-4-16(20)15(17(21)5-14)10-26-3-2-18-13(9-26)8-24-19(25-18)12-6-22-11-23-7-12/h4-8,11H,2-3,9-10H2,1H3. The number of rotatable bonds is 4. The van der Waals surface area contributed by atoms with Crippen molar-refractivity contribution >= 4 is 0 Å². The Labute approximate surface area is 154 Å². The SMILES string of the molecule is COc1cc(F)c(CN2CCc3nc(-c4cncnc4)ncc3C2)c(F)c1. The summed E-state index contributed by atoms with van der Waals surface area (Å²) in [5, 5.41) is 0. The molecule has 0 amide bonds. The number of nitrogens with zero attached hydrogens (tertiary/aromatic N) is 5. The molecule has 0 fully saturated rings. The maximum atomic E-state index is 14.2. The first-order valence-corrected chi connectivity index (χ1v) is 8.48. The Bertz CT molecular complexity index is 945. The zero-order valence-electron chi connectivity index (χ0n) is 14.7. The Morgan fingerprint density at radius 3 is 2.56 bits per heavy atom. The average Bonchev–Trinajstić information content (AvgIpc) is 2.70. The molecule has 27 heavy (non-hydrogen) atoms. The number of aromatic nitrogens is 4. The summed E-state index contributed by atoms with van der Waals surface area (Å²) in [7, 11) is 1.38. The third kappa shape index (κ3) is 3.61. The van der Waals surface area contributed by atoms with Gasteiger partial charge in [-0.25, -0.2) is 28.7 Å². The molecule has 0 unspecified atom stereocenters. The number of methoxy groups -OCH3 is 1. The molecule has 3 heterocycles. The third-order valence-electron chi connectivity index (χ3n) is 4.56. The highest BCUT2D eigenvalue weighted by Gasteiger charge is 2.22. The van der Waals surface area contributed by atoms with Gasteiger partial charge in [-0.15, -0.1) is 0 Å². The van der Waals surface area contributed by atoms with E-state index in [0.717, 1.165) is 16.8 Å². The smallest absolute Gasteiger partial charge is 0.162 e. The van der Waals surface area contributed by atoms with Crippen LogP contribution in [0.15, 0.2) is 37.1 Å². The Kier molecular flexibility index (Phi) is 4.72. The fourth-order valence-corrected chi connectivity index (χ4v) is 3.14. The van der Waals surface area contributed by atoms with Gasteiger partial charge in [0, 0.05) is 67.9 Å². The topological polar surface area (TPSA) is 64.0 Å². The van der Waals surface area contributed by atoms with Crippen LogP contribution in [0.1, 0.15) is 16.8 Å². The number of hydrogen-bond donors (Lipinski definition) is 0. The summed E-state index contributed by atoms with van der Waals surface area (Å²) in [5.41, 5.74) is 2.69. The zero-order valence-corrected chi connectivity index (χ0v) is 14.7. The van der Waals surface area contributed by atoms with E-state index >= 15 is 0 Å². The van der Waals surface area contributed by atoms with Crippen LogP contribution in [0.2, 0.25) is 0 Å². The van der Waals surface area contributed by atoms with Gasteiger partial charge in [0.25, 0.3) is 0 Å². The van der Waals surface area contributed by atoms with Crippen molar-refractivity contribution in [3.8, 4) is 17.1 Å². The molecule has 1 aliphatic heterocycles. The van der Waals surface area contributed by atoms with Crippen LogP contribution in [0.25, 0.3) is 11.4 Å². The van der Waals surface area contributed by atoms with Crippen LogP contribution in [0.4, 0.5) is 8.78 Å². The monoisotopic (exact) mass is 369 g/mol. The summed E-state index contributed by atoms with van der Waals surface area (Å²) in [5.74, 6) is -0.458. The third-order valence-corrected chi connectivity index (χ3v) is 4.56. The zero-order chi connectivity index (χ0) is 18.8. The maximum absolute atomic E-state index is 14.2. The molecule has 0 saturated carbocycles. The fraction of sp³-hybridized carbons (Fsp3) is 0.263. The molecule has 0 radical (unpaired) electrons. The van der Waals surface area contributed by atoms with Gasteiger partial charge in [-0.1, -0.05) is 0 Å². The molecule has 1 aliphatic rings. The van der Waals surface area contributed by atoms with Gasteiger partial charge >= 0.3 is 0 Å². The lowest BCUT2D eigenvalue weighted by Gasteiger charge is -2.28. The largest absolute Gasteiger partial charge is 0.497 e. The van der Waals surface area contributed by atoms with E-state index in [-0.39, 0.29) is 17.9 Å². The van der Waals surface area contributed by atoms with E-state index in [1.807, 2.05) is 4.90 Å². The summed E-state index contributed by atoms with van der Waals surface area (Å²) in [6.07, 6.45) is 7.23. The van der Waals surface area contributed by atoms with Gasteiger partial charge in [0.1, 0.15) is 23.7 Å². The first kappa shape index (κ1) is 17.4. The Hall–Kier alpha value is -3.00. The van der Waals surface area contributed by atoms with Gasteiger partial charge in [-0.3, -0.25) is 4.90 Å². The predicted molar refractivity (Wildman–Crippen MR) is 93.8 cm³/mol. The highest BCUT2D eigenvalue weighted by molar-refractivity contribution is 5.52. The van der Waals surface area contributed by atoms with Crippen molar-refractivity contribution in [3.05, 3.63) is 65.5 Å². The summed E-state index contributed by atoms with van der Waals surface area (Å²) in [4.78, 5) is 18.9. The van der Waals surface area contributed by atoms with Crippen LogP contribution in [-0.4, -0.2) is 38.5 Å². The lowest BCUT2D eigenvalue weighted by Crippen LogP contribution is -2.31. The Balaban J connectivity index is 1.53.